The van der Waals surface area contributed by atoms with Crippen molar-refractivity contribution < 1.29 is 14.0 Å². The number of aryl methyl sites for hydroxylation is 2. The van der Waals surface area contributed by atoms with E-state index in [9.17, 15) is 14.0 Å². The minimum absolute atomic E-state index is 0.132. The van der Waals surface area contributed by atoms with E-state index in [1.165, 1.54) is 23.9 Å². The van der Waals surface area contributed by atoms with Gasteiger partial charge in [-0.1, -0.05) is 36.0 Å². The molecule has 2 amide bonds. The Morgan fingerprint density at radius 1 is 1.06 bits per heavy atom. The Balaban J connectivity index is 1.53. The van der Waals surface area contributed by atoms with E-state index >= 15 is 0 Å². The van der Waals surface area contributed by atoms with Gasteiger partial charge in [-0.3, -0.25) is 9.59 Å². The Labute approximate surface area is 184 Å². The zero-order valence-corrected chi connectivity index (χ0v) is 18.2. The third-order valence-corrected chi connectivity index (χ3v) is 5.43. The average molecular weight is 442 g/mol. The van der Waals surface area contributed by atoms with Crippen LogP contribution in [0.5, 0.6) is 0 Å². The molecule has 0 fully saturated rings. The zero-order valence-electron chi connectivity index (χ0n) is 17.4. The standard InChI is InChI=1S/C22H24FN5O2S/c1-3-28-19(11-12-20(29)25-18-10-5-4-9-17(18)23)26-27-22(28)31-14-21(30)24-16-8-6-7-15(2)13-16/h4-10,13H,3,11-12,14H2,1-2H3,(H,24,30)(H,25,29). The first-order valence-corrected chi connectivity index (χ1v) is 10.9. The fourth-order valence-electron chi connectivity index (χ4n) is 2.98. The summed E-state index contributed by atoms with van der Waals surface area (Å²) < 4.78 is 15.5. The summed E-state index contributed by atoms with van der Waals surface area (Å²) in [5.41, 5.74) is 1.98. The molecule has 2 N–H and O–H groups in total. The van der Waals surface area contributed by atoms with Crippen LogP contribution >= 0.6 is 11.8 Å². The Kier molecular flexibility index (Phi) is 7.77. The molecule has 2 aromatic carbocycles. The number of aromatic nitrogens is 3. The van der Waals surface area contributed by atoms with Gasteiger partial charge in [0, 0.05) is 25.1 Å². The minimum atomic E-state index is -0.477. The highest BCUT2D eigenvalue weighted by Crippen LogP contribution is 2.19. The van der Waals surface area contributed by atoms with Crippen molar-refractivity contribution in [3.63, 3.8) is 0 Å². The van der Waals surface area contributed by atoms with Crippen molar-refractivity contribution in [3.8, 4) is 0 Å². The number of rotatable bonds is 9. The lowest BCUT2D eigenvalue weighted by molar-refractivity contribution is -0.116. The summed E-state index contributed by atoms with van der Waals surface area (Å²) in [5.74, 6) is -0.0719. The Morgan fingerprint density at radius 3 is 2.61 bits per heavy atom. The molecular weight excluding hydrogens is 417 g/mol. The summed E-state index contributed by atoms with van der Waals surface area (Å²) in [6, 6.07) is 13.6. The van der Waals surface area contributed by atoms with Crippen LogP contribution in [0.4, 0.5) is 15.8 Å². The summed E-state index contributed by atoms with van der Waals surface area (Å²) in [7, 11) is 0. The number of hydrogen-bond acceptors (Lipinski definition) is 5. The highest BCUT2D eigenvalue weighted by atomic mass is 32.2. The van der Waals surface area contributed by atoms with E-state index in [1.807, 2.05) is 42.7 Å². The van der Waals surface area contributed by atoms with Crippen LogP contribution in [0, 0.1) is 12.7 Å². The number of amides is 2. The molecule has 0 aliphatic carbocycles. The van der Waals surface area contributed by atoms with Gasteiger partial charge in [0.2, 0.25) is 11.8 Å². The number of nitrogens with one attached hydrogen (secondary N) is 2. The van der Waals surface area contributed by atoms with Crippen LogP contribution in [-0.2, 0) is 22.6 Å². The molecule has 0 aliphatic heterocycles. The molecule has 0 aliphatic rings. The third-order valence-electron chi connectivity index (χ3n) is 4.47. The summed E-state index contributed by atoms with van der Waals surface area (Å²) in [6.45, 7) is 4.52. The van der Waals surface area contributed by atoms with Crippen molar-refractivity contribution >= 4 is 35.0 Å². The van der Waals surface area contributed by atoms with Gasteiger partial charge in [0.05, 0.1) is 11.4 Å². The maximum Gasteiger partial charge on any atom is 0.234 e. The molecule has 162 valence electrons. The van der Waals surface area contributed by atoms with Gasteiger partial charge < -0.3 is 15.2 Å². The summed E-state index contributed by atoms with van der Waals surface area (Å²) >= 11 is 1.29. The molecule has 0 spiro atoms. The molecule has 1 aromatic heterocycles. The second kappa shape index (κ2) is 10.7. The van der Waals surface area contributed by atoms with Gasteiger partial charge in [0.15, 0.2) is 5.16 Å². The minimum Gasteiger partial charge on any atom is -0.325 e. The second-order valence-electron chi connectivity index (χ2n) is 6.88. The maximum atomic E-state index is 13.7. The Morgan fingerprint density at radius 2 is 1.87 bits per heavy atom. The van der Waals surface area contributed by atoms with E-state index in [2.05, 4.69) is 20.8 Å². The van der Waals surface area contributed by atoms with Gasteiger partial charge >= 0.3 is 0 Å². The SMILES string of the molecule is CCn1c(CCC(=O)Nc2ccccc2F)nnc1SCC(=O)Nc1cccc(C)c1. The summed E-state index contributed by atoms with van der Waals surface area (Å²) in [5, 5.41) is 14.4. The van der Waals surface area contributed by atoms with Crippen molar-refractivity contribution in [2.75, 3.05) is 16.4 Å². The molecule has 3 rings (SSSR count). The number of carbonyl (C=O) groups is 2. The van der Waals surface area contributed by atoms with Crippen molar-refractivity contribution in [2.45, 2.75) is 38.4 Å². The third kappa shape index (κ3) is 6.39. The van der Waals surface area contributed by atoms with Gasteiger partial charge in [-0.05, 0) is 43.7 Å². The number of benzene rings is 2. The van der Waals surface area contributed by atoms with E-state index in [4.69, 9.17) is 0 Å². The van der Waals surface area contributed by atoms with Crippen molar-refractivity contribution in [3.05, 3.63) is 65.7 Å². The van der Waals surface area contributed by atoms with Crippen LogP contribution in [-0.4, -0.2) is 32.3 Å². The molecule has 1 heterocycles. The predicted molar refractivity (Wildman–Crippen MR) is 120 cm³/mol. The fraction of sp³-hybridized carbons (Fsp3) is 0.273. The average Bonchev–Trinajstić information content (AvgIpc) is 3.14. The van der Waals surface area contributed by atoms with Gasteiger partial charge in [-0.2, -0.15) is 0 Å². The quantitative estimate of drug-likeness (QED) is 0.489. The number of carbonyl (C=O) groups excluding carboxylic acids is 2. The van der Waals surface area contributed by atoms with Crippen LogP contribution in [0.15, 0.2) is 53.7 Å². The maximum absolute atomic E-state index is 13.7. The summed E-state index contributed by atoms with van der Waals surface area (Å²) in [6.07, 6.45) is 0.502. The number of anilines is 2. The molecule has 0 saturated heterocycles. The van der Waals surface area contributed by atoms with Crippen molar-refractivity contribution in [1.29, 1.82) is 0 Å². The lowest BCUT2D eigenvalue weighted by Crippen LogP contribution is -2.16. The Hall–Kier alpha value is -3.20. The highest BCUT2D eigenvalue weighted by molar-refractivity contribution is 7.99. The lowest BCUT2D eigenvalue weighted by Gasteiger charge is -2.09. The van der Waals surface area contributed by atoms with Gasteiger partial charge in [0.1, 0.15) is 11.6 Å². The molecule has 31 heavy (non-hydrogen) atoms. The van der Waals surface area contributed by atoms with Gasteiger partial charge in [-0.25, -0.2) is 4.39 Å². The number of thioether (sulfide) groups is 1. The first kappa shape index (κ1) is 22.5. The van der Waals surface area contributed by atoms with Gasteiger partial charge in [-0.15, -0.1) is 10.2 Å². The lowest BCUT2D eigenvalue weighted by atomic mass is 10.2. The van der Waals surface area contributed by atoms with Crippen molar-refractivity contribution in [1.82, 2.24) is 14.8 Å². The molecular formula is C22H24FN5O2S. The molecule has 0 radical (unpaired) electrons. The first-order valence-electron chi connectivity index (χ1n) is 9.92. The van der Waals surface area contributed by atoms with E-state index in [1.54, 1.807) is 12.1 Å². The molecule has 3 aromatic rings. The fourth-order valence-corrected chi connectivity index (χ4v) is 3.80. The normalized spacial score (nSPS) is 10.7. The number of nitrogens with zero attached hydrogens (tertiary/aromatic N) is 3. The van der Waals surface area contributed by atoms with Crippen molar-refractivity contribution in [2.24, 2.45) is 0 Å². The van der Waals surface area contributed by atoms with E-state index < -0.39 is 5.82 Å². The van der Waals surface area contributed by atoms with Crippen LogP contribution in [0.1, 0.15) is 24.7 Å². The molecule has 7 nitrogen and oxygen atoms in total. The number of hydrogen-bond donors (Lipinski definition) is 2. The topological polar surface area (TPSA) is 88.9 Å². The zero-order chi connectivity index (χ0) is 22.2. The van der Waals surface area contributed by atoms with E-state index in [0.717, 1.165) is 11.3 Å². The second-order valence-corrected chi connectivity index (χ2v) is 7.82. The smallest absolute Gasteiger partial charge is 0.234 e. The monoisotopic (exact) mass is 441 g/mol. The van der Waals surface area contributed by atoms with E-state index in [-0.39, 0.29) is 29.7 Å². The number of halogens is 1. The van der Waals surface area contributed by atoms with Crippen LogP contribution in [0.3, 0.4) is 0 Å². The molecule has 0 atom stereocenters. The molecule has 0 unspecified atom stereocenters. The largest absolute Gasteiger partial charge is 0.325 e. The number of para-hydroxylation sites is 1. The first-order chi connectivity index (χ1) is 15.0. The molecule has 0 bridgehead atoms. The van der Waals surface area contributed by atoms with Gasteiger partial charge in [0.25, 0.3) is 0 Å². The molecule has 0 saturated carbocycles. The summed E-state index contributed by atoms with van der Waals surface area (Å²) in [4.78, 5) is 24.4. The molecule has 9 heteroatoms. The van der Waals surface area contributed by atoms with Crippen LogP contribution < -0.4 is 10.6 Å². The Bertz CT molecular complexity index is 1070. The van der Waals surface area contributed by atoms with Crippen LogP contribution in [0.2, 0.25) is 0 Å². The van der Waals surface area contributed by atoms with E-state index in [0.29, 0.717) is 23.9 Å². The van der Waals surface area contributed by atoms with Crippen LogP contribution in [0.25, 0.3) is 0 Å². The predicted octanol–water partition coefficient (Wildman–Crippen LogP) is 4.05. The highest BCUT2D eigenvalue weighted by Gasteiger charge is 2.15.